The molecule has 0 aromatic heterocycles. The number of hydrogen-bond donors (Lipinski definition) is 0. The Kier molecular flexibility index (Phi) is 1.54. The minimum Gasteiger partial charge on any atom is -0.202 e. The first kappa shape index (κ1) is 6.94. The Morgan fingerprint density at radius 2 is 2.30 bits per heavy atom. The topological polar surface area (TPSA) is 23.8 Å². The number of halogens is 2. The van der Waals surface area contributed by atoms with Crippen molar-refractivity contribution in [2.24, 2.45) is 0 Å². The van der Waals surface area contributed by atoms with Gasteiger partial charge in [-0.25, -0.2) is 8.78 Å². The quantitative estimate of drug-likeness (QED) is 0.506. The molecular weight excluding hydrogens is 136 g/mol. The summed E-state index contributed by atoms with van der Waals surface area (Å²) in [4.78, 5) is 0. The summed E-state index contributed by atoms with van der Waals surface area (Å²) in [6.07, 6.45) is 2.95. The van der Waals surface area contributed by atoms with Crippen molar-refractivity contribution in [3.63, 3.8) is 0 Å². The van der Waals surface area contributed by atoms with Crippen LogP contribution < -0.4 is 0 Å². The van der Waals surface area contributed by atoms with E-state index in [1.54, 1.807) is 6.07 Å². The molecule has 10 heavy (non-hydrogen) atoms. The monoisotopic (exact) mass is 141 g/mol. The summed E-state index contributed by atoms with van der Waals surface area (Å²) < 4.78 is 24.7. The largest absolute Gasteiger partial charge is 0.271 e. The van der Waals surface area contributed by atoms with Gasteiger partial charge in [0.05, 0.1) is 12.5 Å². The summed E-state index contributed by atoms with van der Waals surface area (Å²) in [7, 11) is 0. The molecule has 0 saturated carbocycles. The van der Waals surface area contributed by atoms with Crippen LogP contribution in [0.2, 0.25) is 0 Å². The maximum absolute atomic E-state index is 12.4. The smallest absolute Gasteiger partial charge is 0.202 e. The van der Waals surface area contributed by atoms with Crippen molar-refractivity contribution in [2.45, 2.75) is 12.3 Å². The summed E-state index contributed by atoms with van der Waals surface area (Å²) in [5.41, 5.74) is 0.132. The number of nitriles is 1. The van der Waals surface area contributed by atoms with E-state index in [0.717, 1.165) is 6.08 Å². The zero-order valence-corrected chi connectivity index (χ0v) is 5.14. The second-order valence-corrected chi connectivity index (χ2v) is 2.10. The molecule has 0 amide bonds. The molecule has 0 atom stereocenters. The van der Waals surface area contributed by atoms with Crippen molar-refractivity contribution in [2.75, 3.05) is 0 Å². The van der Waals surface area contributed by atoms with Crippen LogP contribution in [0, 0.1) is 11.3 Å². The summed E-state index contributed by atoms with van der Waals surface area (Å²) in [5, 5.41) is 8.24. The molecule has 3 heteroatoms. The fraction of sp³-hybridized carbons (Fsp3) is 0.286. The lowest BCUT2D eigenvalue weighted by molar-refractivity contribution is 0.0555. The standard InChI is InChI=1S/C7H5F2N/c8-7(9)3-1-2-6(4-7)5-10/h1-3H,4H2. The first-order valence-electron chi connectivity index (χ1n) is 2.80. The van der Waals surface area contributed by atoms with Crippen molar-refractivity contribution < 1.29 is 8.78 Å². The Bertz CT molecular complexity index is 232. The second-order valence-electron chi connectivity index (χ2n) is 2.10. The summed E-state index contributed by atoms with van der Waals surface area (Å²) in [5.74, 6) is -2.82. The Morgan fingerprint density at radius 1 is 1.60 bits per heavy atom. The molecule has 0 heterocycles. The van der Waals surface area contributed by atoms with Crippen LogP contribution in [0.15, 0.2) is 23.8 Å². The van der Waals surface area contributed by atoms with Crippen molar-refractivity contribution >= 4 is 0 Å². The maximum atomic E-state index is 12.4. The highest BCUT2D eigenvalue weighted by Crippen LogP contribution is 2.27. The van der Waals surface area contributed by atoms with Crippen LogP contribution in [0.25, 0.3) is 0 Å². The zero-order valence-electron chi connectivity index (χ0n) is 5.14. The van der Waals surface area contributed by atoms with Gasteiger partial charge in [-0.1, -0.05) is 6.08 Å². The molecule has 0 radical (unpaired) electrons. The summed E-state index contributed by atoms with van der Waals surface area (Å²) >= 11 is 0. The predicted octanol–water partition coefficient (Wildman–Crippen LogP) is 2.03. The summed E-state index contributed by atoms with van der Waals surface area (Å²) in [6, 6.07) is 1.69. The molecule has 0 spiro atoms. The molecule has 0 aromatic carbocycles. The van der Waals surface area contributed by atoms with E-state index in [0.29, 0.717) is 0 Å². The highest BCUT2D eigenvalue weighted by molar-refractivity contribution is 5.32. The lowest BCUT2D eigenvalue weighted by Gasteiger charge is -2.12. The molecule has 0 saturated heterocycles. The van der Waals surface area contributed by atoms with E-state index < -0.39 is 12.3 Å². The van der Waals surface area contributed by atoms with Crippen molar-refractivity contribution in [3.8, 4) is 6.07 Å². The molecule has 1 aliphatic rings. The first-order chi connectivity index (χ1) is 4.64. The third-order valence-electron chi connectivity index (χ3n) is 1.21. The van der Waals surface area contributed by atoms with Crippen LogP contribution in [0.1, 0.15) is 6.42 Å². The third-order valence-corrected chi connectivity index (χ3v) is 1.21. The van der Waals surface area contributed by atoms with Crippen LogP contribution in [0.4, 0.5) is 8.78 Å². The van der Waals surface area contributed by atoms with E-state index in [9.17, 15) is 8.78 Å². The van der Waals surface area contributed by atoms with E-state index in [-0.39, 0.29) is 5.57 Å². The van der Waals surface area contributed by atoms with Gasteiger partial charge in [0.2, 0.25) is 0 Å². The highest BCUT2D eigenvalue weighted by Gasteiger charge is 2.28. The highest BCUT2D eigenvalue weighted by atomic mass is 19.3. The van der Waals surface area contributed by atoms with Gasteiger partial charge in [-0.15, -0.1) is 0 Å². The lowest BCUT2D eigenvalue weighted by Crippen LogP contribution is -2.14. The molecule has 0 fully saturated rings. The Balaban J connectivity index is 2.80. The van der Waals surface area contributed by atoms with Crippen molar-refractivity contribution in [1.29, 1.82) is 5.26 Å². The van der Waals surface area contributed by atoms with Crippen LogP contribution in [-0.4, -0.2) is 5.92 Å². The minimum atomic E-state index is -2.82. The van der Waals surface area contributed by atoms with Crippen LogP contribution in [0.5, 0.6) is 0 Å². The van der Waals surface area contributed by atoms with Crippen molar-refractivity contribution in [3.05, 3.63) is 23.8 Å². The molecule has 52 valence electrons. The number of nitrogens with zero attached hydrogens (tertiary/aromatic N) is 1. The maximum Gasteiger partial charge on any atom is 0.271 e. The molecule has 0 aromatic rings. The zero-order chi connectivity index (χ0) is 7.61. The molecule has 1 nitrogen and oxygen atoms in total. The van der Waals surface area contributed by atoms with Gasteiger partial charge in [-0.3, -0.25) is 0 Å². The fourth-order valence-electron chi connectivity index (χ4n) is 0.754. The Hall–Kier alpha value is -1.17. The van der Waals surface area contributed by atoms with Gasteiger partial charge in [0, 0.05) is 5.57 Å². The average Bonchev–Trinajstić information content (AvgIpc) is 1.86. The molecule has 0 aliphatic heterocycles. The molecule has 0 N–H and O–H groups in total. The van der Waals surface area contributed by atoms with Crippen LogP contribution >= 0.6 is 0 Å². The van der Waals surface area contributed by atoms with Crippen LogP contribution in [0.3, 0.4) is 0 Å². The molecule has 1 aliphatic carbocycles. The second kappa shape index (κ2) is 2.22. The average molecular weight is 141 g/mol. The van der Waals surface area contributed by atoms with E-state index in [1.807, 2.05) is 0 Å². The van der Waals surface area contributed by atoms with Gasteiger partial charge in [0.25, 0.3) is 5.92 Å². The van der Waals surface area contributed by atoms with E-state index in [1.165, 1.54) is 12.2 Å². The van der Waals surface area contributed by atoms with E-state index in [4.69, 9.17) is 5.26 Å². The molecular formula is C7H5F2N. The number of rotatable bonds is 0. The minimum absolute atomic E-state index is 0.132. The predicted molar refractivity (Wildman–Crippen MR) is 32.4 cm³/mol. The van der Waals surface area contributed by atoms with Crippen molar-refractivity contribution in [1.82, 2.24) is 0 Å². The molecule has 0 bridgehead atoms. The molecule has 1 rings (SSSR count). The Morgan fingerprint density at radius 3 is 2.70 bits per heavy atom. The van der Waals surface area contributed by atoms with Crippen LogP contribution in [-0.2, 0) is 0 Å². The van der Waals surface area contributed by atoms with E-state index in [2.05, 4.69) is 0 Å². The first-order valence-corrected chi connectivity index (χ1v) is 2.80. The molecule has 0 unspecified atom stereocenters. The SMILES string of the molecule is N#CC1=CC=CC(F)(F)C1. The number of allylic oxidation sites excluding steroid dienone is 4. The van der Waals surface area contributed by atoms with Gasteiger partial charge in [-0.05, 0) is 12.2 Å². The van der Waals surface area contributed by atoms with Gasteiger partial charge in [0.15, 0.2) is 0 Å². The number of hydrogen-bond acceptors (Lipinski definition) is 1. The third kappa shape index (κ3) is 1.41. The van der Waals surface area contributed by atoms with Gasteiger partial charge in [0.1, 0.15) is 0 Å². The lowest BCUT2D eigenvalue weighted by atomic mass is 10.0. The Labute approximate surface area is 57.3 Å². The van der Waals surface area contributed by atoms with Gasteiger partial charge in [-0.2, -0.15) is 5.26 Å². The van der Waals surface area contributed by atoms with Gasteiger partial charge >= 0.3 is 0 Å². The summed E-state index contributed by atoms with van der Waals surface area (Å²) in [6.45, 7) is 0. The number of alkyl halides is 2. The fourth-order valence-corrected chi connectivity index (χ4v) is 0.754. The van der Waals surface area contributed by atoms with Gasteiger partial charge < -0.3 is 0 Å². The normalized spacial score (nSPS) is 21.5. The van der Waals surface area contributed by atoms with E-state index >= 15 is 0 Å².